The van der Waals surface area contributed by atoms with Crippen molar-refractivity contribution in [3.63, 3.8) is 0 Å². The quantitative estimate of drug-likeness (QED) is 0.765. The number of aliphatic hydroxyl groups is 1. The second-order valence-corrected chi connectivity index (χ2v) is 5.15. The lowest BCUT2D eigenvalue weighted by molar-refractivity contribution is -0.133. The van der Waals surface area contributed by atoms with E-state index in [2.05, 4.69) is 10.4 Å². The molecular weight excluding hydrogens is 260 g/mol. The van der Waals surface area contributed by atoms with Gasteiger partial charge >= 0.3 is 0 Å². The summed E-state index contributed by atoms with van der Waals surface area (Å²) in [5, 5.41) is 16.9. The van der Waals surface area contributed by atoms with E-state index in [9.17, 15) is 14.7 Å². The first kappa shape index (κ1) is 14.5. The Morgan fingerprint density at radius 3 is 2.85 bits per heavy atom. The van der Waals surface area contributed by atoms with Crippen molar-refractivity contribution in [3.8, 4) is 0 Å². The zero-order chi connectivity index (χ0) is 14.7. The van der Waals surface area contributed by atoms with Crippen LogP contribution in [0.15, 0.2) is 12.3 Å². The third-order valence-corrected chi connectivity index (χ3v) is 3.45. The van der Waals surface area contributed by atoms with Crippen LogP contribution >= 0.6 is 0 Å². The molecule has 0 radical (unpaired) electrons. The van der Waals surface area contributed by atoms with E-state index in [0.717, 1.165) is 5.69 Å². The molecule has 2 N–H and O–H groups in total. The van der Waals surface area contributed by atoms with Crippen LogP contribution in [0.1, 0.15) is 19.0 Å². The molecular formula is C13H20N4O3. The highest BCUT2D eigenvalue weighted by molar-refractivity contribution is 5.76. The predicted molar refractivity (Wildman–Crippen MR) is 71.8 cm³/mol. The van der Waals surface area contributed by atoms with E-state index in [1.54, 1.807) is 15.8 Å². The maximum Gasteiger partial charge on any atom is 0.242 e. The highest BCUT2D eigenvalue weighted by atomic mass is 16.3. The summed E-state index contributed by atoms with van der Waals surface area (Å²) < 4.78 is 1.56. The molecule has 0 aromatic carbocycles. The molecule has 1 aromatic rings. The number of nitrogens with one attached hydrogen (secondary N) is 1. The lowest BCUT2D eigenvalue weighted by Crippen LogP contribution is -2.55. The van der Waals surface area contributed by atoms with Crippen molar-refractivity contribution in [3.05, 3.63) is 18.0 Å². The lowest BCUT2D eigenvalue weighted by Gasteiger charge is -2.35. The summed E-state index contributed by atoms with van der Waals surface area (Å²) in [6.07, 6.45) is 1.57. The minimum absolute atomic E-state index is 0.0548. The molecule has 0 aliphatic carbocycles. The van der Waals surface area contributed by atoms with Crippen molar-refractivity contribution in [2.45, 2.75) is 39.0 Å². The zero-order valence-electron chi connectivity index (χ0n) is 11.7. The maximum atomic E-state index is 11.9. The molecule has 2 rings (SSSR count). The van der Waals surface area contributed by atoms with E-state index in [1.807, 2.05) is 13.0 Å². The van der Waals surface area contributed by atoms with Gasteiger partial charge < -0.3 is 15.3 Å². The third kappa shape index (κ3) is 3.57. The molecule has 2 heterocycles. The Bertz CT molecular complexity index is 500. The summed E-state index contributed by atoms with van der Waals surface area (Å²) >= 11 is 0. The van der Waals surface area contributed by atoms with Crippen molar-refractivity contribution in [2.24, 2.45) is 0 Å². The first-order chi connectivity index (χ1) is 9.45. The van der Waals surface area contributed by atoms with Crippen molar-refractivity contribution in [1.82, 2.24) is 20.0 Å². The van der Waals surface area contributed by atoms with Crippen LogP contribution in [0.3, 0.4) is 0 Å². The second-order valence-electron chi connectivity index (χ2n) is 5.15. The Morgan fingerprint density at radius 1 is 1.55 bits per heavy atom. The minimum atomic E-state index is -0.726. The molecule has 1 fully saturated rings. The topological polar surface area (TPSA) is 87.5 Å². The lowest BCUT2D eigenvalue weighted by atomic mass is 10.0. The number of hydrogen-bond donors (Lipinski definition) is 2. The van der Waals surface area contributed by atoms with Gasteiger partial charge in [-0.2, -0.15) is 5.10 Å². The van der Waals surface area contributed by atoms with Crippen LogP contribution in [0.25, 0.3) is 0 Å². The number of carbonyl (C=O) groups excluding carboxylic acids is 2. The summed E-state index contributed by atoms with van der Waals surface area (Å²) in [5.41, 5.74) is 0.854. The fourth-order valence-corrected chi connectivity index (χ4v) is 2.34. The SMILES string of the molecule is CC(=O)N1CC[C@@H](NC(=O)Cn2ccc(C)n2)[C@H](O)C1. The molecule has 7 heteroatoms. The fourth-order valence-electron chi connectivity index (χ4n) is 2.34. The monoisotopic (exact) mass is 280 g/mol. The van der Waals surface area contributed by atoms with Gasteiger partial charge in [-0.25, -0.2) is 0 Å². The average molecular weight is 280 g/mol. The standard InChI is InChI=1S/C13H20N4O3/c1-9-3-6-17(15-9)8-13(20)14-11-4-5-16(10(2)18)7-12(11)19/h3,6,11-12,19H,4-5,7-8H2,1-2H3,(H,14,20)/t11-,12-/m1/s1. The Kier molecular flexibility index (Phi) is 4.39. The van der Waals surface area contributed by atoms with Crippen molar-refractivity contribution in [2.75, 3.05) is 13.1 Å². The van der Waals surface area contributed by atoms with Crippen LogP contribution in [0.2, 0.25) is 0 Å². The molecule has 0 bridgehead atoms. The first-order valence-electron chi connectivity index (χ1n) is 6.68. The Morgan fingerprint density at radius 2 is 2.30 bits per heavy atom. The summed E-state index contributed by atoms with van der Waals surface area (Å²) in [4.78, 5) is 24.7. The number of aryl methyl sites for hydroxylation is 1. The van der Waals surface area contributed by atoms with Crippen LogP contribution in [0.5, 0.6) is 0 Å². The molecule has 1 aliphatic rings. The van der Waals surface area contributed by atoms with Gasteiger partial charge in [-0.3, -0.25) is 14.3 Å². The largest absolute Gasteiger partial charge is 0.389 e. The Labute approximate surface area is 117 Å². The van der Waals surface area contributed by atoms with Gasteiger partial charge in [0.05, 0.1) is 17.8 Å². The van der Waals surface area contributed by atoms with Gasteiger partial charge in [-0.1, -0.05) is 0 Å². The number of aromatic nitrogens is 2. The van der Waals surface area contributed by atoms with Crippen molar-refractivity contribution in [1.29, 1.82) is 0 Å². The van der Waals surface area contributed by atoms with Gasteiger partial charge in [0, 0.05) is 26.2 Å². The van der Waals surface area contributed by atoms with Gasteiger partial charge in [-0.05, 0) is 19.4 Å². The van der Waals surface area contributed by atoms with Gasteiger partial charge in [0.1, 0.15) is 6.54 Å². The Balaban J connectivity index is 1.84. The highest BCUT2D eigenvalue weighted by Gasteiger charge is 2.29. The second kappa shape index (κ2) is 6.04. The molecule has 1 saturated heterocycles. The molecule has 1 aromatic heterocycles. The smallest absolute Gasteiger partial charge is 0.242 e. The highest BCUT2D eigenvalue weighted by Crippen LogP contribution is 2.11. The van der Waals surface area contributed by atoms with Crippen LogP contribution < -0.4 is 5.32 Å². The van der Waals surface area contributed by atoms with Gasteiger partial charge in [0.15, 0.2) is 0 Å². The van der Waals surface area contributed by atoms with E-state index in [1.165, 1.54) is 6.92 Å². The van der Waals surface area contributed by atoms with E-state index >= 15 is 0 Å². The van der Waals surface area contributed by atoms with Gasteiger partial charge in [0.25, 0.3) is 0 Å². The molecule has 1 aliphatic heterocycles. The summed E-state index contributed by atoms with van der Waals surface area (Å²) in [7, 11) is 0. The van der Waals surface area contributed by atoms with Gasteiger partial charge in [0.2, 0.25) is 11.8 Å². The van der Waals surface area contributed by atoms with Crippen LogP contribution in [0.4, 0.5) is 0 Å². The summed E-state index contributed by atoms with van der Waals surface area (Å²) in [6.45, 7) is 4.29. The number of amides is 2. The molecule has 2 atom stereocenters. The van der Waals surface area contributed by atoms with Crippen molar-refractivity contribution >= 4 is 11.8 Å². The molecule has 7 nitrogen and oxygen atoms in total. The van der Waals surface area contributed by atoms with E-state index in [4.69, 9.17) is 0 Å². The zero-order valence-corrected chi connectivity index (χ0v) is 11.7. The number of aliphatic hydroxyl groups excluding tert-OH is 1. The third-order valence-electron chi connectivity index (χ3n) is 3.45. The Hall–Kier alpha value is -1.89. The summed E-state index contributed by atoms with van der Waals surface area (Å²) in [6, 6.07) is 1.52. The van der Waals surface area contributed by atoms with Crippen LogP contribution in [0, 0.1) is 6.92 Å². The van der Waals surface area contributed by atoms with E-state index in [0.29, 0.717) is 13.0 Å². The minimum Gasteiger partial charge on any atom is -0.389 e. The number of β-amino-alcohol motifs (C(OH)–C–C–N with tert-alkyl or cyclic N) is 1. The van der Waals surface area contributed by atoms with Crippen molar-refractivity contribution < 1.29 is 14.7 Å². The number of piperidine rings is 1. The molecule has 0 unspecified atom stereocenters. The average Bonchev–Trinajstić information content (AvgIpc) is 2.77. The van der Waals surface area contributed by atoms with Crippen LogP contribution in [-0.2, 0) is 16.1 Å². The number of carbonyl (C=O) groups is 2. The van der Waals surface area contributed by atoms with Crippen LogP contribution in [-0.4, -0.2) is 56.8 Å². The molecule has 0 spiro atoms. The normalized spacial score (nSPS) is 22.6. The molecule has 110 valence electrons. The molecule has 20 heavy (non-hydrogen) atoms. The number of hydrogen-bond acceptors (Lipinski definition) is 4. The number of rotatable bonds is 3. The molecule has 0 saturated carbocycles. The molecule has 2 amide bonds. The van der Waals surface area contributed by atoms with E-state index in [-0.39, 0.29) is 30.9 Å². The maximum absolute atomic E-state index is 11.9. The first-order valence-corrected chi connectivity index (χ1v) is 6.68. The number of likely N-dealkylation sites (tertiary alicyclic amines) is 1. The summed E-state index contributed by atoms with van der Waals surface area (Å²) in [5.74, 6) is -0.241. The predicted octanol–water partition coefficient (Wildman–Crippen LogP) is -0.711. The van der Waals surface area contributed by atoms with E-state index < -0.39 is 6.10 Å². The van der Waals surface area contributed by atoms with Gasteiger partial charge in [-0.15, -0.1) is 0 Å². The number of nitrogens with zero attached hydrogens (tertiary/aromatic N) is 3. The fraction of sp³-hybridized carbons (Fsp3) is 0.615.